The number of nitrogens with zero attached hydrogens (tertiary/aromatic N) is 6. The van der Waals surface area contributed by atoms with E-state index in [4.69, 9.17) is 0 Å². The maximum atomic E-state index is 11.1. The van der Waals surface area contributed by atoms with Gasteiger partial charge >= 0.3 is 11.4 Å². The summed E-state index contributed by atoms with van der Waals surface area (Å²) in [7, 11) is 0. The van der Waals surface area contributed by atoms with Crippen molar-refractivity contribution in [3.8, 4) is 5.82 Å². The van der Waals surface area contributed by atoms with E-state index in [1.165, 1.54) is 6.92 Å². The van der Waals surface area contributed by atoms with E-state index in [1.54, 1.807) is 0 Å². The summed E-state index contributed by atoms with van der Waals surface area (Å²) in [6.45, 7) is 1.17. The molecule has 0 saturated carbocycles. The zero-order chi connectivity index (χ0) is 14.2. The lowest BCUT2D eigenvalue weighted by molar-refractivity contribution is -0.385. The molecular weight excluding hydrogens is 260 g/mol. The second-order valence-electron chi connectivity index (χ2n) is 3.46. The molecule has 0 atom stereocenters. The molecule has 0 bridgehead atoms. The molecule has 0 spiro atoms. The van der Waals surface area contributed by atoms with Crippen LogP contribution in [0.15, 0.2) is 18.6 Å². The molecule has 19 heavy (non-hydrogen) atoms. The maximum Gasteiger partial charge on any atom is 0.333 e. The molecule has 2 rings (SSSR count). The fourth-order valence-electron chi connectivity index (χ4n) is 1.33. The van der Waals surface area contributed by atoms with Gasteiger partial charge in [-0.3, -0.25) is 25.0 Å². The number of carbonyl (C=O) groups is 1. The third kappa shape index (κ3) is 2.15. The molecule has 98 valence electrons. The van der Waals surface area contributed by atoms with Gasteiger partial charge in [0.05, 0.1) is 9.85 Å². The number of hydrogen-bond donors (Lipinski definition) is 0. The minimum absolute atomic E-state index is 0.270. The Balaban J connectivity index is 2.56. The molecule has 0 aromatic carbocycles. The average Bonchev–Trinajstić information content (AvgIpc) is 2.95. The first-order valence-corrected chi connectivity index (χ1v) is 4.84. The van der Waals surface area contributed by atoms with Crippen molar-refractivity contribution in [1.29, 1.82) is 0 Å². The first-order valence-electron chi connectivity index (χ1n) is 4.84. The topological polar surface area (TPSA) is 139 Å². The Kier molecular flexibility index (Phi) is 2.79. The molecule has 0 fully saturated rings. The number of rotatable bonds is 3. The van der Waals surface area contributed by atoms with Crippen molar-refractivity contribution in [3.05, 3.63) is 38.8 Å². The van der Waals surface area contributed by atoms with E-state index in [0.717, 1.165) is 28.0 Å². The third-order valence-corrected chi connectivity index (χ3v) is 2.19. The average molecular weight is 266 g/mol. The molecule has 0 aliphatic carbocycles. The normalized spacial score (nSPS) is 10.4. The molecule has 2 heterocycles. The number of hydrogen-bond acceptors (Lipinski definition) is 7. The van der Waals surface area contributed by atoms with E-state index < -0.39 is 21.4 Å². The van der Waals surface area contributed by atoms with Crippen LogP contribution in [0.5, 0.6) is 0 Å². The van der Waals surface area contributed by atoms with Gasteiger partial charge in [-0.1, -0.05) is 0 Å². The Hall–Kier alpha value is -3.11. The minimum atomic E-state index is -0.755. The van der Waals surface area contributed by atoms with E-state index in [-0.39, 0.29) is 11.5 Å². The number of nitro groups is 2. The molecule has 11 heteroatoms. The Morgan fingerprint density at radius 2 is 1.95 bits per heavy atom. The lowest BCUT2D eigenvalue weighted by Gasteiger charge is -1.93. The molecule has 0 radical (unpaired) electrons. The monoisotopic (exact) mass is 266 g/mol. The van der Waals surface area contributed by atoms with Crippen molar-refractivity contribution in [1.82, 2.24) is 19.6 Å². The van der Waals surface area contributed by atoms with Crippen LogP contribution in [0, 0.1) is 20.2 Å². The summed E-state index contributed by atoms with van der Waals surface area (Å²) in [5, 5.41) is 28.6. The van der Waals surface area contributed by atoms with Crippen LogP contribution in [0.4, 0.5) is 11.4 Å². The van der Waals surface area contributed by atoms with Gasteiger partial charge in [0, 0.05) is 6.92 Å². The summed E-state index contributed by atoms with van der Waals surface area (Å²) in [5.74, 6) is -0.802. The molecule has 11 nitrogen and oxygen atoms in total. The van der Waals surface area contributed by atoms with Gasteiger partial charge in [-0.2, -0.15) is 9.78 Å². The van der Waals surface area contributed by atoms with Crippen LogP contribution < -0.4 is 0 Å². The highest BCUT2D eigenvalue weighted by Crippen LogP contribution is 2.22. The van der Waals surface area contributed by atoms with Crippen LogP contribution in [-0.4, -0.2) is 35.3 Å². The van der Waals surface area contributed by atoms with E-state index in [9.17, 15) is 25.0 Å². The molecule has 0 unspecified atom stereocenters. The van der Waals surface area contributed by atoms with Crippen molar-refractivity contribution in [3.63, 3.8) is 0 Å². The largest absolute Gasteiger partial charge is 0.333 e. The standard InChI is InChI=1S/C8H6N6O5/c1-5(15)11-4-7(14(18)19)8(10-11)12-3-6(2-9-12)13(16)17/h2-4H,1H3. The zero-order valence-corrected chi connectivity index (χ0v) is 9.46. The van der Waals surface area contributed by atoms with Gasteiger partial charge in [0.25, 0.3) is 5.82 Å². The Morgan fingerprint density at radius 1 is 1.26 bits per heavy atom. The molecule has 0 aliphatic heterocycles. The van der Waals surface area contributed by atoms with Gasteiger partial charge in [-0.25, -0.2) is 4.68 Å². The van der Waals surface area contributed by atoms with Crippen molar-refractivity contribution >= 4 is 17.3 Å². The number of aromatic nitrogens is 4. The van der Waals surface area contributed by atoms with Gasteiger partial charge in [0.1, 0.15) is 18.6 Å². The van der Waals surface area contributed by atoms with Crippen molar-refractivity contribution in [2.75, 3.05) is 0 Å². The lowest BCUT2D eigenvalue weighted by Crippen LogP contribution is -2.07. The van der Waals surface area contributed by atoms with Gasteiger partial charge in [0.15, 0.2) is 0 Å². The van der Waals surface area contributed by atoms with Gasteiger partial charge in [-0.05, 0) is 0 Å². The molecule has 2 aromatic rings. The molecule has 2 aromatic heterocycles. The molecule has 0 saturated heterocycles. The first kappa shape index (κ1) is 12.3. The second-order valence-corrected chi connectivity index (χ2v) is 3.46. The fourth-order valence-corrected chi connectivity index (χ4v) is 1.33. The Morgan fingerprint density at radius 3 is 2.42 bits per heavy atom. The van der Waals surface area contributed by atoms with Crippen molar-refractivity contribution in [2.24, 2.45) is 0 Å². The smallest absolute Gasteiger partial charge is 0.273 e. The molecular formula is C8H6N6O5. The fraction of sp³-hybridized carbons (Fsp3) is 0.125. The Bertz CT molecular complexity index is 686. The zero-order valence-electron chi connectivity index (χ0n) is 9.46. The summed E-state index contributed by atoms with van der Waals surface area (Å²) < 4.78 is 1.64. The van der Waals surface area contributed by atoms with Crippen LogP contribution in [0.25, 0.3) is 5.82 Å². The van der Waals surface area contributed by atoms with Gasteiger partial charge < -0.3 is 0 Å². The summed E-state index contributed by atoms with van der Waals surface area (Å²) in [4.78, 5) is 31.0. The van der Waals surface area contributed by atoms with E-state index >= 15 is 0 Å². The maximum absolute atomic E-state index is 11.1. The SMILES string of the molecule is CC(=O)n1cc([N+](=O)[O-])c(-n2cc([N+](=O)[O-])cn2)n1. The summed E-state index contributed by atoms with van der Waals surface area (Å²) in [6.07, 6.45) is 2.82. The summed E-state index contributed by atoms with van der Waals surface area (Å²) >= 11 is 0. The highest BCUT2D eigenvalue weighted by molar-refractivity contribution is 5.76. The minimum Gasteiger partial charge on any atom is -0.273 e. The highest BCUT2D eigenvalue weighted by Gasteiger charge is 2.24. The second kappa shape index (κ2) is 4.29. The predicted octanol–water partition coefficient (Wildman–Crippen LogP) is 0.545. The quantitative estimate of drug-likeness (QED) is 0.583. The lowest BCUT2D eigenvalue weighted by atomic mass is 10.5. The van der Waals surface area contributed by atoms with Crippen LogP contribution in [0.2, 0.25) is 0 Å². The first-order chi connectivity index (χ1) is 8.90. The predicted molar refractivity (Wildman–Crippen MR) is 59.0 cm³/mol. The highest BCUT2D eigenvalue weighted by atomic mass is 16.6. The van der Waals surface area contributed by atoms with Crippen molar-refractivity contribution in [2.45, 2.75) is 6.92 Å². The summed E-state index contributed by atoms with van der Waals surface area (Å²) in [5.41, 5.74) is -0.820. The van der Waals surface area contributed by atoms with Crippen LogP contribution in [-0.2, 0) is 0 Å². The van der Waals surface area contributed by atoms with Crippen LogP contribution in [0.1, 0.15) is 11.7 Å². The molecule has 0 amide bonds. The van der Waals surface area contributed by atoms with Gasteiger partial charge in [0.2, 0.25) is 5.91 Å². The molecule has 0 N–H and O–H groups in total. The molecule has 0 aliphatic rings. The van der Waals surface area contributed by atoms with E-state index in [1.807, 2.05) is 0 Å². The third-order valence-electron chi connectivity index (χ3n) is 2.19. The van der Waals surface area contributed by atoms with E-state index in [0.29, 0.717) is 0 Å². The van der Waals surface area contributed by atoms with Crippen LogP contribution >= 0.6 is 0 Å². The summed E-state index contributed by atoms with van der Waals surface area (Å²) in [6, 6.07) is 0. The number of carbonyl (C=O) groups excluding carboxylic acids is 1. The van der Waals surface area contributed by atoms with Gasteiger partial charge in [-0.15, -0.1) is 5.10 Å². The van der Waals surface area contributed by atoms with E-state index in [2.05, 4.69) is 10.2 Å². The van der Waals surface area contributed by atoms with Crippen molar-refractivity contribution < 1.29 is 14.6 Å². The van der Waals surface area contributed by atoms with Crippen LogP contribution in [0.3, 0.4) is 0 Å². The Labute approximate surface area is 104 Å².